The summed E-state index contributed by atoms with van der Waals surface area (Å²) in [7, 11) is 2.67. The van der Waals surface area contributed by atoms with Gasteiger partial charge in [0.15, 0.2) is 5.13 Å². The number of benzene rings is 2. The van der Waals surface area contributed by atoms with Gasteiger partial charge in [-0.1, -0.05) is 29.0 Å². The fourth-order valence-corrected chi connectivity index (χ4v) is 5.62. The zero-order chi connectivity index (χ0) is 26.2. The van der Waals surface area contributed by atoms with E-state index in [-0.39, 0.29) is 6.03 Å². The number of carbonyl (C=O) groups is 3. The Labute approximate surface area is 221 Å². The van der Waals surface area contributed by atoms with Crippen molar-refractivity contribution < 1.29 is 28.6 Å². The van der Waals surface area contributed by atoms with Crippen LogP contribution in [0.1, 0.15) is 22.3 Å². The molecular formula is C25H23ClN4O6S. The van der Waals surface area contributed by atoms with Crippen molar-refractivity contribution in [1.82, 2.24) is 9.88 Å². The van der Waals surface area contributed by atoms with Crippen molar-refractivity contribution in [3.8, 4) is 10.8 Å². The number of halogens is 1. The normalized spacial score (nSPS) is 18.0. The molecule has 0 aliphatic carbocycles. The number of carbonyl (C=O) groups excluding carboxylic acids is 3. The Bertz CT molecular complexity index is 1380. The molecule has 3 amide bonds. The van der Waals surface area contributed by atoms with E-state index >= 15 is 0 Å². The van der Waals surface area contributed by atoms with Crippen molar-refractivity contribution in [2.75, 3.05) is 44.1 Å². The molecule has 12 heteroatoms. The number of aromatic nitrogens is 1. The maximum Gasteiger partial charge on any atom is 0.409 e. The minimum atomic E-state index is -0.468. The molecule has 3 aromatic rings. The summed E-state index contributed by atoms with van der Waals surface area (Å²) in [6.07, 6.45) is 1.78. The summed E-state index contributed by atoms with van der Waals surface area (Å²) < 4.78 is 15.4. The van der Waals surface area contributed by atoms with Gasteiger partial charge in [0, 0.05) is 35.8 Å². The molecule has 1 fully saturated rings. The fourth-order valence-electron chi connectivity index (χ4n) is 4.77. The number of amides is 3. The monoisotopic (exact) mass is 542 g/mol. The predicted octanol–water partition coefficient (Wildman–Crippen LogP) is 5.14. The van der Waals surface area contributed by atoms with E-state index in [1.54, 1.807) is 40.1 Å². The predicted molar refractivity (Wildman–Crippen MR) is 138 cm³/mol. The van der Waals surface area contributed by atoms with Gasteiger partial charge in [-0.05, 0) is 48.4 Å². The average Bonchev–Trinajstić information content (AvgIpc) is 3.61. The number of anilines is 2. The number of fused-ring (bicyclic) bond motifs is 2. The lowest BCUT2D eigenvalue weighted by Crippen LogP contribution is -2.41. The van der Waals surface area contributed by atoms with Crippen molar-refractivity contribution in [2.24, 2.45) is 0 Å². The minimum Gasteiger partial charge on any atom is -0.465 e. The SMILES string of the molecule is COC(=O)c1cccc(Oc2cnc(NC(=O)N3CC4(CCN(C(=O)OC)C4)c4cc(Cl)ccc43)s2)c1. The third-order valence-electron chi connectivity index (χ3n) is 6.49. The molecule has 3 heterocycles. The molecule has 1 N–H and O–H groups in total. The summed E-state index contributed by atoms with van der Waals surface area (Å²) in [5.41, 5.74) is 1.59. The quantitative estimate of drug-likeness (QED) is 0.455. The number of likely N-dealkylation sites (tertiary alicyclic amines) is 1. The van der Waals surface area contributed by atoms with Gasteiger partial charge in [0.1, 0.15) is 5.75 Å². The van der Waals surface area contributed by atoms with Crippen molar-refractivity contribution in [1.29, 1.82) is 0 Å². The van der Waals surface area contributed by atoms with Gasteiger partial charge in [-0.15, -0.1) is 0 Å². The van der Waals surface area contributed by atoms with Gasteiger partial charge < -0.3 is 19.1 Å². The molecule has 1 unspecified atom stereocenters. The number of hydrogen-bond donors (Lipinski definition) is 1. The molecular weight excluding hydrogens is 520 g/mol. The van der Waals surface area contributed by atoms with Gasteiger partial charge in [0.05, 0.1) is 26.0 Å². The van der Waals surface area contributed by atoms with Gasteiger partial charge in [-0.2, -0.15) is 0 Å². The number of esters is 1. The number of thiazole rings is 1. The van der Waals surface area contributed by atoms with Crippen LogP contribution in [-0.4, -0.2) is 61.8 Å². The van der Waals surface area contributed by atoms with Crippen LogP contribution in [-0.2, 0) is 14.9 Å². The number of nitrogens with one attached hydrogen (secondary N) is 1. The Balaban J connectivity index is 1.31. The van der Waals surface area contributed by atoms with Crippen LogP contribution in [0.15, 0.2) is 48.7 Å². The maximum atomic E-state index is 13.3. The fraction of sp³-hybridized carbons (Fsp3) is 0.280. The van der Waals surface area contributed by atoms with E-state index in [0.29, 0.717) is 52.6 Å². The van der Waals surface area contributed by atoms with Gasteiger partial charge in [0.2, 0.25) is 5.06 Å². The van der Waals surface area contributed by atoms with Gasteiger partial charge in [-0.3, -0.25) is 10.2 Å². The van der Waals surface area contributed by atoms with Crippen LogP contribution in [0.25, 0.3) is 0 Å². The number of methoxy groups -OCH3 is 2. The lowest BCUT2D eigenvalue weighted by molar-refractivity contribution is 0.0600. The van der Waals surface area contributed by atoms with Gasteiger partial charge >= 0.3 is 18.1 Å². The van der Waals surface area contributed by atoms with Crippen molar-refractivity contribution >= 4 is 51.9 Å². The van der Waals surface area contributed by atoms with Crippen molar-refractivity contribution in [3.63, 3.8) is 0 Å². The highest BCUT2D eigenvalue weighted by Crippen LogP contribution is 2.47. The molecule has 1 aromatic heterocycles. The first-order chi connectivity index (χ1) is 17.8. The second kappa shape index (κ2) is 9.91. The summed E-state index contributed by atoms with van der Waals surface area (Å²) in [5, 5.41) is 4.19. The zero-order valence-corrected chi connectivity index (χ0v) is 21.6. The lowest BCUT2D eigenvalue weighted by atomic mass is 9.81. The molecule has 37 heavy (non-hydrogen) atoms. The first-order valence-corrected chi connectivity index (χ1v) is 12.5. The Morgan fingerprint density at radius 2 is 1.95 bits per heavy atom. The van der Waals surface area contributed by atoms with Crippen LogP contribution in [0, 0.1) is 0 Å². The second-order valence-corrected chi connectivity index (χ2v) is 10.1. The molecule has 0 radical (unpaired) electrons. The molecule has 1 atom stereocenters. The highest BCUT2D eigenvalue weighted by molar-refractivity contribution is 7.17. The summed E-state index contributed by atoms with van der Waals surface area (Å²) in [4.78, 5) is 44.8. The average molecular weight is 543 g/mol. The molecule has 0 saturated carbocycles. The van der Waals surface area contributed by atoms with Crippen molar-refractivity contribution in [2.45, 2.75) is 11.8 Å². The Hall–Kier alpha value is -3.83. The van der Waals surface area contributed by atoms with Crippen LogP contribution in [0.2, 0.25) is 5.02 Å². The van der Waals surface area contributed by atoms with E-state index in [0.717, 1.165) is 22.6 Å². The van der Waals surface area contributed by atoms with E-state index in [1.807, 2.05) is 12.1 Å². The molecule has 2 aromatic carbocycles. The number of urea groups is 1. The van der Waals surface area contributed by atoms with Gasteiger partial charge in [-0.25, -0.2) is 19.4 Å². The summed E-state index contributed by atoms with van der Waals surface area (Å²) >= 11 is 7.45. The second-order valence-electron chi connectivity index (χ2n) is 8.71. The minimum absolute atomic E-state index is 0.350. The summed E-state index contributed by atoms with van der Waals surface area (Å²) in [6.45, 7) is 1.34. The van der Waals surface area contributed by atoms with Crippen LogP contribution in [0.4, 0.5) is 20.4 Å². The number of hydrogen-bond acceptors (Lipinski definition) is 8. The van der Waals surface area contributed by atoms with E-state index in [2.05, 4.69) is 10.3 Å². The van der Waals surface area contributed by atoms with Crippen LogP contribution >= 0.6 is 22.9 Å². The third kappa shape index (κ3) is 4.79. The smallest absolute Gasteiger partial charge is 0.409 e. The largest absolute Gasteiger partial charge is 0.465 e. The van der Waals surface area contributed by atoms with E-state index < -0.39 is 17.5 Å². The maximum absolute atomic E-state index is 13.3. The number of nitrogens with zero attached hydrogens (tertiary/aromatic N) is 3. The van der Waals surface area contributed by atoms with Crippen LogP contribution in [0.3, 0.4) is 0 Å². The highest BCUT2D eigenvalue weighted by Gasteiger charge is 2.50. The first kappa shape index (κ1) is 24.8. The topological polar surface area (TPSA) is 110 Å². The molecule has 2 aliphatic heterocycles. The Morgan fingerprint density at radius 1 is 1.11 bits per heavy atom. The summed E-state index contributed by atoms with van der Waals surface area (Å²) in [5.74, 6) is -0.0299. The molecule has 192 valence electrons. The zero-order valence-electron chi connectivity index (χ0n) is 20.0. The van der Waals surface area contributed by atoms with E-state index in [4.69, 9.17) is 25.8 Å². The van der Waals surface area contributed by atoms with Crippen LogP contribution < -0.4 is 15.0 Å². The van der Waals surface area contributed by atoms with E-state index in [9.17, 15) is 14.4 Å². The number of rotatable bonds is 4. The summed E-state index contributed by atoms with van der Waals surface area (Å²) in [6, 6.07) is 11.6. The number of ether oxygens (including phenoxy) is 3. The third-order valence-corrected chi connectivity index (χ3v) is 7.51. The van der Waals surface area contributed by atoms with E-state index in [1.165, 1.54) is 20.4 Å². The van der Waals surface area contributed by atoms with Gasteiger partial charge in [0.25, 0.3) is 0 Å². The van der Waals surface area contributed by atoms with Crippen LogP contribution in [0.5, 0.6) is 10.8 Å². The molecule has 5 rings (SSSR count). The van der Waals surface area contributed by atoms with Crippen molar-refractivity contribution in [3.05, 3.63) is 64.8 Å². The molecule has 1 spiro atoms. The highest BCUT2D eigenvalue weighted by atomic mass is 35.5. The molecule has 2 aliphatic rings. The molecule has 10 nitrogen and oxygen atoms in total. The molecule has 0 bridgehead atoms. The molecule has 1 saturated heterocycles. The Morgan fingerprint density at radius 3 is 2.73 bits per heavy atom. The lowest BCUT2D eigenvalue weighted by Gasteiger charge is -2.25. The Kier molecular flexibility index (Phi) is 6.65. The standard InChI is InChI=1S/C25H23ClN4O6S/c1-34-21(31)15-4-3-5-17(10-15)36-20-12-27-22(37-20)28-23(32)30-14-25(8-9-29(13-25)24(33)35-2)18-11-16(26)6-7-19(18)30/h3-7,10-12H,8-9,13-14H2,1-2H3,(H,27,28,32). The first-order valence-electron chi connectivity index (χ1n) is 11.4.